The highest BCUT2D eigenvalue weighted by Crippen LogP contribution is 2.30. The van der Waals surface area contributed by atoms with Gasteiger partial charge in [0.25, 0.3) is 0 Å². The molecule has 19 heavy (non-hydrogen) atoms. The topological polar surface area (TPSA) is 67.8 Å². The van der Waals surface area contributed by atoms with Gasteiger partial charge in [0.15, 0.2) is 11.5 Å². The Hall–Kier alpha value is -1.75. The zero-order chi connectivity index (χ0) is 14.6. The van der Waals surface area contributed by atoms with Crippen LogP contribution >= 0.6 is 0 Å². The molecule has 0 aromatic heterocycles. The Morgan fingerprint density at radius 1 is 1.26 bits per heavy atom. The number of hydrogen-bond acceptors (Lipinski definition) is 4. The summed E-state index contributed by atoms with van der Waals surface area (Å²) in [7, 11) is 3.16. The van der Waals surface area contributed by atoms with Gasteiger partial charge in [0.1, 0.15) is 5.54 Å². The van der Waals surface area contributed by atoms with E-state index in [1.54, 1.807) is 28.1 Å². The molecule has 0 radical (unpaired) electrons. The molecular formula is C14H21NO4. The average molecular weight is 267 g/mol. The lowest BCUT2D eigenvalue weighted by Crippen LogP contribution is -2.46. The van der Waals surface area contributed by atoms with E-state index in [9.17, 15) is 4.79 Å². The van der Waals surface area contributed by atoms with E-state index in [1.165, 1.54) is 0 Å². The fourth-order valence-electron chi connectivity index (χ4n) is 1.60. The second-order valence-corrected chi connectivity index (χ2v) is 4.92. The quantitative estimate of drug-likeness (QED) is 0.824. The number of nitrogens with one attached hydrogen (secondary N) is 1. The Bertz CT molecular complexity index is 469. The van der Waals surface area contributed by atoms with Crippen molar-refractivity contribution in [3.05, 3.63) is 23.3 Å². The smallest absolute Gasteiger partial charge is 0.323 e. The van der Waals surface area contributed by atoms with Crippen LogP contribution in [0.15, 0.2) is 12.1 Å². The first kappa shape index (κ1) is 15.3. The molecule has 0 unspecified atom stereocenters. The Morgan fingerprint density at radius 2 is 1.79 bits per heavy atom. The van der Waals surface area contributed by atoms with Crippen LogP contribution in [-0.4, -0.2) is 30.8 Å². The van der Waals surface area contributed by atoms with Crippen molar-refractivity contribution in [1.29, 1.82) is 0 Å². The number of methoxy groups -OCH3 is 2. The number of carboxylic acids is 1. The maximum Gasteiger partial charge on any atom is 0.323 e. The zero-order valence-corrected chi connectivity index (χ0v) is 12.0. The number of hydrogen-bond donors (Lipinski definition) is 2. The maximum absolute atomic E-state index is 11.0. The van der Waals surface area contributed by atoms with Crippen LogP contribution in [0.25, 0.3) is 0 Å². The molecule has 1 aromatic rings. The van der Waals surface area contributed by atoms with E-state index in [0.717, 1.165) is 11.1 Å². The summed E-state index contributed by atoms with van der Waals surface area (Å²) in [4.78, 5) is 11.0. The summed E-state index contributed by atoms with van der Waals surface area (Å²) < 4.78 is 10.5. The van der Waals surface area contributed by atoms with Crippen LogP contribution < -0.4 is 14.8 Å². The summed E-state index contributed by atoms with van der Waals surface area (Å²) in [5, 5.41) is 12.1. The third-order valence-corrected chi connectivity index (χ3v) is 3.10. The molecule has 0 heterocycles. The van der Waals surface area contributed by atoms with Crippen molar-refractivity contribution >= 4 is 5.97 Å². The lowest BCUT2D eigenvalue weighted by atomic mass is 10.0. The van der Waals surface area contributed by atoms with Crippen LogP contribution in [0.1, 0.15) is 25.0 Å². The van der Waals surface area contributed by atoms with E-state index in [-0.39, 0.29) is 0 Å². The molecule has 1 aromatic carbocycles. The van der Waals surface area contributed by atoms with Gasteiger partial charge >= 0.3 is 5.97 Å². The van der Waals surface area contributed by atoms with Crippen molar-refractivity contribution in [3.8, 4) is 11.5 Å². The molecule has 0 spiro atoms. The van der Waals surface area contributed by atoms with Gasteiger partial charge in [-0.1, -0.05) is 0 Å². The highest BCUT2D eigenvalue weighted by atomic mass is 16.5. The molecule has 5 nitrogen and oxygen atoms in total. The van der Waals surface area contributed by atoms with E-state index in [0.29, 0.717) is 18.0 Å². The SMILES string of the molecule is COc1cc(C)c(CNC(C)(C)C(=O)O)cc1OC. The lowest BCUT2D eigenvalue weighted by molar-refractivity contribution is -0.143. The van der Waals surface area contributed by atoms with Crippen LogP contribution in [0.5, 0.6) is 11.5 Å². The number of aryl methyl sites for hydroxylation is 1. The molecule has 0 atom stereocenters. The van der Waals surface area contributed by atoms with Gasteiger partial charge in [-0.05, 0) is 44.0 Å². The fraction of sp³-hybridized carbons (Fsp3) is 0.500. The summed E-state index contributed by atoms with van der Waals surface area (Å²) in [5.41, 5.74) is 1.03. The molecule has 2 N–H and O–H groups in total. The number of ether oxygens (including phenoxy) is 2. The number of rotatable bonds is 6. The number of aliphatic carboxylic acids is 1. The monoisotopic (exact) mass is 267 g/mol. The van der Waals surface area contributed by atoms with Crippen molar-refractivity contribution in [3.63, 3.8) is 0 Å². The molecule has 0 aliphatic heterocycles. The van der Waals surface area contributed by atoms with Crippen LogP contribution in [0.2, 0.25) is 0 Å². The third-order valence-electron chi connectivity index (χ3n) is 3.10. The van der Waals surface area contributed by atoms with Crippen LogP contribution in [0.4, 0.5) is 0 Å². The van der Waals surface area contributed by atoms with Gasteiger partial charge in [0.2, 0.25) is 0 Å². The maximum atomic E-state index is 11.0. The Morgan fingerprint density at radius 3 is 2.26 bits per heavy atom. The first-order chi connectivity index (χ1) is 8.81. The van der Waals surface area contributed by atoms with E-state index in [4.69, 9.17) is 14.6 Å². The van der Waals surface area contributed by atoms with E-state index in [2.05, 4.69) is 5.32 Å². The second kappa shape index (κ2) is 5.93. The predicted molar refractivity (Wildman–Crippen MR) is 72.8 cm³/mol. The van der Waals surface area contributed by atoms with Crippen LogP contribution in [0, 0.1) is 6.92 Å². The van der Waals surface area contributed by atoms with Crippen molar-refractivity contribution in [2.75, 3.05) is 14.2 Å². The largest absolute Gasteiger partial charge is 0.493 e. The first-order valence-electron chi connectivity index (χ1n) is 6.01. The summed E-state index contributed by atoms with van der Waals surface area (Å²) in [6.45, 7) is 5.66. The van der Waals surface area contributed by atoms with Gasteiger partial charge in [-0.25, -0.2) is 0 Å². The Kier molecular flexibility index (Phi) is 4.78. The molecular weight excluding hydrogens is 246 g/mol. The molecule has 0 bridgehead atoms. The van der Waals surface area contributed by atoms with E-state index < -0.39 is 11.5 Å². The third kappa shape index (κ3) is 3.61. The number of carboxylic acid groups (broad SMARTS) is 1. The van der Waals surface area contributed by atoms with Gasteiger partial charge in [-0.2, -0.15) is 0 Å². The van der Waals surface area contributed by atoms with Crippen molar-refractivity contribution in [2.24, 2.45) is 0 Å². The fourth-order valence-corrected chi connectivity index (χ4v) is 1.60. The van der Waals surface area contributed by atoms with E-state index in [1.807, 2.05) is 19.1 Å². The molecule has 1 rings (SSSR count). The molecule has 0 fully saturated rings. The van der Waals surface area contributed by atoms with Gasteiger partial charge in [-0.3, -0.25) is 10.1 Å². The molecule has 106 valence electrons. The standard InChI is InChI=1S/C14H21NO4/c1-9-6-11(18-4)12(19-5)7-10(9)8-15-14(2,3)13(16)17/h6-7,15H,8H2,1-5H3,(H,16,17). The normalized spacial score (nSPS) is 11.2. The minimum Gasteiger partial charge on any atom is -0.493 e. The Balaban J connectivity index is 2.93. The predicted octanol–water partition coefficient (Wildman–Crippen LogP) is 1.97. The lowest BCUT2D eigenvalue weighted by Gasteiger charge is -2.22. The zero-order valence-electron chi connectivity index (χ0n) is 12.0. The van der Waals surface area contributed by atoms with E-state index >= 15 is 0 Å². The van der Waals surface area contributed by atoms with Gasteiger partial charge in [-0.15, -0.1) is 0 Å². The number of benzene rings is 1. The summed E-state index contributed by atoms with van der Waals surface area (Å²) >= 11 is 0. The highest BCUT2D eigenvalue weighted by Gasteiger charge is 2.26. The molecule has 0 amide bonds. The molecule has 0 saturated heterocycles. The van der Waals surface area contributed by atoms with Gasteiger partial charge < -0.3 is 14.6 Å². The van der Waals surface area contributed by atoms with Crippen molar-refractivity contribution in [2.45, 2.75) is 32.9 Å². The number of carbonyl (C=O) groups is 1. The Labute approximate surface area is 113 Å². The average Bonchev–Trinajstić information content (AvgIpc) is 2.36. The minimum absolute atomic E-state index is 0.450. The molecule has 0 aliphatic carbocycles. The summed E-state index contributed by atoms with van der Waals surface area (Å²) in [5.74, 6) is 0.421. The van der Waals surface area contributed by atoms with Crippen LogP contribution in [-0.2, 0) is 11.3 Å². The summed E-state index contributed by atoms with van der Waals surface area (Å²) in [6, 6.07) is 3.74. The molecule has 5 heteroatoms. The highest BCUT2D eigenvalue weighted by molar-refractivity contribution is 5.77. The second-order valence-electron chi connectivity index (χ2n) is 4.92. The summed E-state index contributed by atoms with van der Waals surface area (Å²) in [6.07, 6.45) is 0. The molecule has 0 saturated carbocycles. The first-order valence-corrected chi connectivity index (χ1v) is 6.01. The van der Waals surface area contributed by atoms with Gasteiger partial charge in [0, 0.05) is 6.54 Å². The van der Waals surface area contributed by atoms with Crippen molar-refractivity contribution < 1.29 is 19.4 Å². The molecule has 0 aliphatic rings. The van der Waals surface area contributed by atoms with Crippen molar-refractivity contribution in [1.82, 2.24) is 5.32 Å². The van der Waals surface area contributed by atoms with Crippen LogP contribution in [0.3, 0.4) is 0 Å². The van der Waals surface area contributed by atoms with Gasteiger partial charge in [0.05, 0.1) is 14.2 Å². The minimum atomic E-state index is -0.973.